The van der Waals surface area contributed by atoms with Crippen molar-refractivity contribution in [2.45, 2.75) is 45.1 Å². The molecule has 0 aromatic rings. The van der Waals surface area contributed by atoms with Crippen LogP contribution < -0.4 is 5.32 Å². The standard InChI is InChI=1S/C13H22N2O/c1-2-3-11-9-4-5-10(8-9)12(11)15-13-14-6-7-16-13/h9-12H,2-8H2,1H3,(H,14,15)/t9-,10+,11-,12+/m0/s1. The molecule has 0 aromatic heterocycles. The third kappa shape index (κ3) is 1.70. The summed E-state index contributed by atoms with van der Waals surface area (Å²) in [5.41, 5.74) is 0. The summed E-state index contributed by atoms with van der Waals surface area (Å²) >= 11 is 0. The molecule has 0 radical (unpaired) electrons. The first-order valence-electron chi connectivity index (χ1n) is 6.82. The van der Waals surface area contributed by atoms with Gasteiger partial charge in [-0.2, -0.15) is 0 Å². The van der Waals surface area contributed by atoms with Crippen molar-refractivity contribution in [3.8, 4) is 0 Å². The van der Waals surface area contributed by atoms with Gasteiger partial charge >= 0.3 is 0 Å². The smallest absolute Gasteiger partial charge is 0.285 e. The molecule has 0 saturated heterocycles. The van der Waals surface area contributed by atoms with Crippen molar-refractivity contribution >= 4 is 6.02 Å². The average Bonchev–Trinajstić information content (AvgIpc) is 2.98. The number of ether oxygens (including phenoxy) is 1. The molecule has 3 rings (SSSR count). The van der Waals surface area contributed by atoms with Crippen LogP contribution in [-0.2, 0) is 4.74 Å². The Labute approximate surface area is 97.7 Å². The van der Waals surface area contributed by atoms with E-state index in [-0.39, 0.29) is 0 Å². The minimum atomic E-state index is 0.649. The van der Waals surface area contributed by atoms with Gasteiger partial charge in [0.15, 0.2) is 0 Å². The summed E-state index contributed by atoms with van der Waals surface area (Å²) in [5, 5.41) is 3.57. The van der Waals surface area contributed by atoms with Crippen LogP contribution in [0.2, 0.25) is 0 Å². The zero-order valence-electron chi connectivity index (χ0n) is 10.1. The Morgan fingerprint density at radius 2 is 2.25 bits per heavy atom. The van der Waals surface area contributed by atoms with Gasteiger partial charge in [0.25, 0.3) is 6.02 Å². The predicted octanol–water partition coefficient (Wildman–Crippen LogP) is 2.18. The predicted molar refractivity (Wildman–Crippen MR) is 64.4 cm³/mol. The molecule has 2 aliphatic carbocycles. The van der Waals surface area contributed by atoms with Gasteiger partial charge in [-0.15, -0.1) is 0 Å². The summed E-state index contributed by atoms with van der Waals surface area (Å²) in [5.74, 6) is 2.73. The molecule has 0 spiro atoms. The number of rotatable bonds is 3. The zero-order chi connectivity index (χ0) is 11.0. The lowest BCUT2D eigenvalue weighted by Crippen LogP contribution is -2.44. The Balaban J connectivity index is 1.67. The second-order valence-electron chi connectivity index (χ2n) is 5.49. The Morgan fingerprint density at radius 1 is 1.38 bits per heavy atom. The normalized spacial score (nSPS) is 40.9. The summed E-state index contributed by atoms with van der Waals surface area (Å²) in [4.78, 5) is 4.36. The first kappa shape index (κ1) is 10.4. The fraction of sp³-hybridized carbons (Fsp3) is 0.923. The number of nitrogens with zero attached hydrogens (tertiary/aromatic N) is 1. The summed E-state index contributed by atoms with van der Waals surface area (Å²) in [6.07, 6.45) is 6.98. The molecule has 0 amide bonds. The first-order valence-corrected chi connectivity index (χ1v) is 6.82. The van der Waals surface area contributed by atoms with Crippen molar-refractivity contribution in [1.82, 2.24) is 5.32 Å². The molecule has 90 valence electrons. The quantitative estimate of drug-likeness (QED) is 0.794. The highest BCUT2D eigenvalue weighted by molar-refractivity contribution is 5.75. The van der Waals surface area contributed by atoms with Crippen molar-refractivity contribution in [3.05, 3.63) is 0 Å². The van der Waals surface area contributed by atoms with Crippen LogP contribution in [0.15, 0.2) is 4.99 Å². The first-order chi connectivity index (χ1) is 7.88. The van der Waals surface area contributed by atoms with Gasteiger partial charge in [0.05, 0.1) is 6.54 Å². The van der Waals surface area contributed by atoms with E-state index in [1.54, 1.807) is 0 Å². The van der Waals surface area contributed by atoms with Gasteiger partial charge in [0.1, 0.15) is 6.61 Å². The van der Waals surface area contributed by atoms with E-state index in [0.29, 0.717) is 6.04 Å². The topological polar surface area (TPSA) is 33.6 Å². The van der Waals surface area contributed by atoms with Crippen LogP contribution in [0, 0.1) is 17.8 Å². The van der Waals surface area contributed by atoms with Gasteiger partial charge in [0, 0.05) is 6.04 Å². The van der Waals surface area contributed by atoms with Crippen molar-refractivity contribution in [1.29, 1.82) is 0 Å². The highest BCUT2D eigenvalue weighted by atomic mass is 16.5. The minimum absolute atomic E-state index is 0.649. The molecule has 2 bridgehead atoms. The molecule has 1 N–H and O–H groups in total. The molecule has 0 unspecified atom stereocenters. The molecular weight excluding hydrogens is 200 g/mol. The number of nitrogens with one attached hydrogen (secondary N) is 1. The monoisotopic (exact) mass is 222 g/mol. The van der Waals surface area contributed by atoms with E-state index in [2.05, 4.69) is 17.2 Å². The molecule has 0 aromatic carbocycles. The fourth-order valence-corrected chi connectivity index (χ4v) is 3.95. The number of hydrogen-bond acceptors (Lipinski definition) is 3. The Bertz CT molecular complexity index is 290. The summed E-state index contributed by atoms with van der Waals surface area (Å²) in [7, 11) is 0. The third-order valence-corrected chi connectivity index (χ3v) is 4.59. The number of hydrogen-bond donors (Lipinski definition) is 1. The maximum atomic E-state index is 5.49. The van der Waals surface area contributed by atoms with Crippen LogP contribution in [0.3, 0.4) is 0 Å². The number of fused-ring (bicyclic) bond motifs is 2. The highest BCUT2D eigenvalue weighted by Crippen LogP contribution is 2.50. The molecule has 3 aliphatic rings. The Hall–Kier alpha value is -0.730. The third-order valence-electron chi connectivity index (χ3n) is 4.59. The summed E-state index contributed by atoms with van der Waals surface area (Å²) < 4.78 is 5.49. The van der Waals surface area contributed by atoms with Crippen LogP contribution >= 0.6 is 0 Å². The molecule has 1 heterocycles. The van der Waals surface area contributed by atoms with E-state index in [1.807, 2.05) is 0 Å². The molecule has 3 nitrogen and oxygen atoms in total. The van der Waals surface area contributed by atoms with Gasteiger partial charge in [-0.05, 0) is 43.4 Å². The zero-order valence-corrected chi connectivity index (χ0v) is 10.1. The van der Waals surface area contributed by atoms with Gasteiger partial charge in [-0.1, -0.05) is 13.3 Å². The van der Waals surface area contributed by atoms with Crippen molar-refractivity contribution < 1.29 is 4.74 Å². The molecule has 2 fully saturated rings. The van der Waals surface area contributed by atoms with Gasteiger partial charge < -0.3 is 10.1 Å². The van der Waals surface area contributed by atoms with Crippen molar-refractivity contribution in [2.75, 3.05) is 13.2 Å². The maximum absolute atomic E-state index is 5.49. The van der Waals surface area contributed by atoms with Gasteiger partial charge in [-0.3, -0.25) is 0 Å². The van der Waals surface area contributed by atoms with Crippen LogP contribution in [0.1, 0.15) is 39.0 Å². The second-order valence-corrected chi connectivity index (χ2v) is 5.49. The van der Waals surface area contributed by atoms with Gasteiger partial charge in [-0.25, -0.2) is 4.99 Å². The SMILES string of the molecule is CCC[C@H]1[C@H]2CC[C@H](C2)[C@H]1NC1=NCCO1. The van der Waals surface area contributed by atoms with Crippen molar-refractivity contribution in [2.24, 2.45) is 22.7 Å². The van der Waals surface area contributed by atoms with E-state index in [0.717, 1.165) is 36.9 Å². The van der Waals surface area contributed by atoms with Crippen LogP contribution in [0.5, 0.6) is 0 Å². The van der Waals surface area contributed by atoms with Crippen molar-refractivity contribution in [3.63, 3.8) is 0 Å². The lowest BCUT2D eigenvalue weighted by atomic mass is 9.82. The molecule has 16 heavy (non-hydrogen) atoms. The molecule has 1 aliphatic heterocycles. The minimum Gasteiger partial charge on any atom is -0.463 e. The Morgan fingerprint density at radius 3 is 3.00 bits per heavy atom. The highest BCUT2D eigenvalue weighted by Gasteiger charge is 2.47. The van der Waals surface area contributed by atoms with E-state index >= 15 is 0 Å². The summed E-state index contributed by atoms with van der Waals surface area (Å²) in [6.45, 7) is 3.90. The fourth-order valence-electron chi connectivity index (χ4n) is 3.95. The maximum Gasteiger partial charge on any atom is 0.285 e. The molecule has 2 saturated carbocycles. The van der Waals surface area contributed by atoms with Crippen LogP contribution in [0.25, 0.3) is 0 Å². The average molecular weight is 222 g/mol. The van der Waals surface area contributed by atoms with Gasteiger partial charge in [0.2, 0.25) is 0 Å². The largest absolute Gasteiger partial charge is 0.463 e. The van der Waals surface area contributed by atoms with E-state index in [1.165, 1.54) is 32.1 Å². The second kappa shape index (κ2) is 4.27. The van der Waals surface area contributed by atoms with E-state index in [4.69, 9.17) is 4.74 Å². The number of amidine groups is 1. The van der Waals surface area contributed by atoms with E-state index in [9.17, 15) is 0 Å². The Kier molecular flexibility index (Phi) is 2.78. The van der Waals surface area contributed by atoms with E-state index < -0.39 is 0 Å². The van der Waals surface area contributed by atoms with Crippen LogP contribution in [0.4, 0.5) is 0 Å². The molecule has 3 heteroatoms. The lowest BCUT2D eigenvalue weighted by Gasteiger charge is -2.31. The molecular formula is C13H22N2O. The number of aliphatic imine (C=N–C) groups is 1. The lowest BCUT2D eigenvalue weighted by molar-refractivity contribution is 0.236. The van der Waals surface area contributed by atoms with Crippen LogP contribution in [-0.4, -0.2) is 25.2 Å². The summed E-state index contributed by atoms with van der Waals surface area (Å²) in [6, 6.07) is 1.47. The molecule has 4 atom stereocenters.